The molecule has 106 valence electrons. The number of alkyl halides is 3. The summed E-state index contributed by atoms with van der Waals surface area (Å²) in [6.45, 7) is 4.30. The summed E-state index contributed by atoms with van der Waals surface area (Å²) in [6, 6.07) is 1.11. The van der Waals surface area contributed by atoms with E-state index >= 15 is 0 Å². The first kappa shape index (κ1) is 14.1. The van der Waals surface area contributed by atoms with Crippen LogP contribution in [0.3, 0.4) is 0 Å². The van der Waals surface area contributed by atoms with Crippen LogP contribution in [0.5, 0.6) is 0 Å². The van der Waals surface area contributed by atoms with Crippen molar-refractivity contribution < 1.29 is 13.2 Å². The molecule has 18 heavy (non-hydrogen) atoms. The normalized spacial score (nSPS) is 25.3. The van der Waals surface area contributed by atoms with Crippen molar-refractivity contribution in [2.24, 2.45) is 5.92 Å². The van der Waals surface area contributed by atoms with Crippen molar-refractivity contribution in [2.75, 3.05) is 19.6 Å². The Balaban J connectivity index is 1.64. The van der Waals surface area contributed by atoms with Gasteiger partial charge in [-0.15, -0.1) is 0 Å². The minimum atomic E-state index is -4.00. The van der Waals surface area contributed by atoms with Crippen molar-refractivity contribution in [3.63, 3.8) is 0 Å². The molecule has 0 radical (unpaired) electrons. The van der Waals surface area contributed by atoms with Crippen LogP contribution in [-0.2, 0) is 0 Å². The van der Waals surface area contributed by atoms with E-state index in [9.17, 15) is 13.2 Å². The number of nitrogens with one attached hydrogen (secondary N) is 1. The van der Waals surface area contributed by atoms with E-state index in [1.54, 1.807) is 0 Å². The van der Waals surface area contributed by atoms with Gasteiger partial charge in [0.25, 0.3) is 0 Å². The molecular formula is C13H23F3N2. The van der Waals surface area contributed by atoms with Crippen LogP contribution in [0.15, 0.2) is 0 Å². The Morgan fingerprint density at radius 1 is 1.17 bits per heavy atom. The number of nitrogens with zero attached hydrogens (tertiary/aromatic N) is 1. The summed E-state index contributed by atoms with van der Waals surface area (Å²) in [7, 11) is 0. The molecule has 0 bridgehead atoms. The van der Waals surface area contributed by atoms with E-state index < -0.39 is 12.1 Å². The highest BCUT2D eigenvalue weighted by Crippen LogP contribution is 2.34. The summed E-state index contributed by atoms with van der Waals surface area (Å²) in [4.78, 5) is 2.21. The second-order valence-electron chi connectivity index (χ2n) is 5.72. The van der Waals surface area contributed by atoms with Crippen molar-refractivity contribution in [3.05, 3.63) is 0 Å². The zero-order valence-electron chi connectivity index (χ0n) is 11.0. The van der Waals surface area contributed by atoms with Crippen molar-refractivity contribution in [2.45, 2.75) is 57.3 Å². The van der Waals surface area contributed by atoms with Gasteiger partial charge in [0.05, 0.1) is 5.92 Å². The lowest BCUT2D eigenvalue weighted by molar-refractivity contribution is -0.186. The lowest BCUT2D eigenvalue weighted by atomic mass is 9.95. The maximum absolute atomic E-state index is 12.5. The first-order chi connectivity index (χ1) is 8.47. The van der Waals surface area contributed by atoms with Gasteiger partial charge < -0.3 is 10.2 Å². The minimum Gasteiger partial charge on any atom is -0.314 e. The highest BCUT2D eigenvalue weighted by atomic mass is 19.4. The molecule has 1 aliphatic heterocycles. The highest BCUT2D eigenvalue weighted by Gasteiger charge is 2.41. The molecule has 1 saturated heterocycles. The molecule has 0 aromatic carbocycles. The molecule has 0 aromatic rings. The van der Waals surface area contributed by atoms with Gasteiger partial charge in [-0.2, -0.15) is 13.2 Å². The van der Waals surface area contributed by atoms with Crippen LogP contribution in [0.4, 0.5) is 13.2 Å². The summed E-state index contributed by atoms with van der Waals surface area (Å²) >= 11 is 0. The molecule has 0 spiro atoms. The molecule has 2 aliphatic rings. The summed E-state index contributed by atoms with van der Waals surface area (Å²) in [6.07, 6.45) is 0.139. The zero-order valence-corrected chi connectivity index (χ0v) is 11.0. The molecule has 5 heteroatoms. The molecule has 2 nitrogen and oxygen atoms in total. The Hall–Kier alpha value is -0.290. The number of hydrogen-bond donors (Lipinski definition) is 1. The van der Waals surface area contributed by atoms with E-state index in [4.69, 9.17) is 0 Å². The predicted molar refractivity (Wildman–Crippen MR) is 65.5 cm³/mol. The van der Waals surface area contributed by atoms with E-state index in [1.165, 1.54) is 12.8 Å². The van der Waals surface area contributed by atoms with Gasteiger partial charge in [-0.1, -0.05) is 0 Å². The van der Waals surface area contributed by atoms with Gasteiger partial charge in [0.1, 0.15) is 0 Å². The average molecular weight is 264 g/mol. The lowest BCUT2D eigenvalue weighted by Crippen LogP contribution is -2.44. The minimum absolute atomic E-state index is 0.268. The van der Waals surface area contributed by atoms with E-state index in [0.29, 0.717) is 25.2 Å². The molecule has 1 atom stereocenters. The van der Waals surface area contributed by atoms with Crippen LogP contribution in [0.1, 0.15) is 39.0 Å². The quantitative estimate of drug-likeness (QED) is 0.821. The summed E-state index contributed by atoms with van der Waals surface area (Å²) in [5, 5.41) is 3.45. The van der Waals surface area contributed by atoms with Gasteiger partial charge in [-0.05, 0) is 58.7 Å². The van der Waals surface area contributed by atoms with Gasteiger partial charge in [0.15, 0.2) is 0 Å². The Kier molecular flexibility index (Phi) is 4.54. The third-order valence-electron chi connectivity index (χ3n) is 4.19. The molecule has 1 saturated carbocycles. The van der Waals surface area contributed by atoms with Crippen LogP contribution in [0, 0.1) is 5.92 Å². The van der Waals surface area contributed by atoms with Crippen LogP contribution in [0.2, 0.25) is 0 Å². The highest BCUT2D eigenvalue weighted by molar-refractivity contribution is 4.83. The molecular weight excluding hydrogens is 241 g/mol. The maximum atomic E-state index is 12.5. The zero-order chi connectivity index (χ0) is 13.2. The van der Waals surface area contributed by atoms with Gasteiger partial charge in [0.2, 0.25) is 0 Å². The Bertz CT molecular complexity index is 255. The molecule has 2 fully saturated rings. The van der Waals surface area contributed by atoms with Gasteiger partial charge in [0, 0.05) is 12.1 Å². The summed E-state index contributed by atoms with van der Waals surface area (Å²) in [5.41, 5.74) is 0. The van der Waals surface area contributed by atoms with Crippen molar-refractivity contribution in [1.29, 1.82) is 0 Å². The van der Waals surface area contributed by atoms with Gasteiger partial charge in [-0.25, -0.2) is 0 Å². The van der Waals surface area contributed by atoms with Crippen molar-refractivity contribution in [1.82, 2.24) is 10.2 Å². The summed E-state index contributed by atoms with van der Waals surface area (Å²) in [5.74, 6) is -1.08. The van der Waals surface area contributed by atoms with E-state index in [1.807, 2.05) is 0 Å². The number of piperidine rings is 1. The number of hydrogen-bond acceptors (Lipinski definition) is 2. The third-order valence-corrected chi connectivity index (χ3v) is 4.19. The molecule has 0 amide bonds. The van der Waals surface area contributed by atoms with E-state index in [2.05, 4.69) is 17.1 Å². The fraction of sp³-hybridized carbons (Fsp3) is 1.00. The fourth-order valence-electron chi connectivity index (χ4n) is 2.63. The number of halogens is 3. The van der Waals surface area contributed by atoms with E-state index in [0.717, 1.165) is 13.0 Å². The molecule has 1 aliphatic carbocycles. The maximum Gasteiger partial charge on any atom is 0.391 e. The molecule has 1 unspecified atom stereocenters. The average Bonchev–Trinajstić information content (AvgIpc) is 3.12. The Morgan fingerprint density at radius 2 is 1.78 bits per heavy atom. The molecule has 2 rings (SSSR count). The fourth-order valence-corrected chi connectivity index (χ4v) is 2.63. The first-order valence-electron chi connectivity index (χ1n) is 7.01. The largest absolute Gasteiger partial charge is 0.391 e. The van der Waals surface area contributed by atoms with Crippen LogP contribution in [0.25, 0.3) is 0 Å². The van der Waals surface area contributed by atoms with Gasteiger partial charge in [-0.3, -0.25) is 0 Å². The Morgan fingerprint density at radius 3 is 2.28 bits per heavy atom. The van der Waals surface area contributed by atoms with E-state index in [-0.39, 0.29) is 12.8 Å². The molecule has 0 aromatic heterocycles. The topological polar surface area (TPSA) is 15.3 Å². The van der Waals surface area contributed by atoms with Gasteiger partial charge >= 0.3 is 6.18 Å². The van der Waals surface area contributed by atoms with Crippen molar-refractivity contribution >= 4 is 0 Å². The van der Waals surface area contributed by atoms with Crippen LogP contribution in [-0.4, -0.2) is 42.8 Å². The van der Waals surface area contributed by atoms with Crippen molar-refractivity contribution in [3.8, 4) is 0 Å². The predicted octanol–water partition coefficient (Wildman–Crippen LogP) is 2.79. The monoisotopic (exact) mass is 264 g/mol. The number of rotatable bonds is 5. The third kappa shape index (κ3) is 4.12. The van der Waals surface area contributed by atoms with Crippen LogP contribution < -0.4 is 5.32 Å². The molecule has 1 heterocycles. The van der Waals surface area contributed by atoms with Crippen LogP contribution >= 0.6 is 0 Å². The lowest BCUT2D eigenvalue weighted by Gasteiger charge is -2.36. The summed E-state index contributed by atoms with van der Waals surface area (Å²) < 4.78 is 37.6. The SMILES string of the molecule is CC(CCNC1CC1)N1CCC(C(F)(F)F)CC1. The standard InChI is InChI=1S/C13H23F3N2/c1-10(4-7-17-12-2-3-12)18-8-5-11(6-9-18)13(14,15)16/h10-12,17H,2-9H2,1H3. The smallest absolute Gasteiger partial charge is 0.314 e. The number of likely N-dealkylation sites (tertiary alicyclic amines) is 1. The Labute approximate surface area is 107 Å². The first-order valence-corrected chi connectivity index (χ1v) is 7.01. The molecule has 1 N–H and O–H groups in total. The second kappa shape index (κ2) is 5.78. The second-order valence-corrected chi connectivity index (χ2v) is 5.72.